The SMILES string of the molecule is CCCCCC(=O)Nc1ccc(C(=O)CN2C(=O)N[C@@]3(CCOc4ccccc43)C2=O)cc1. The first-order valence-electron chi connectivity index (χ1n) is 11.2. The number of benzene rings is 2. The second-order valence-corrected chi connectivity index (χ2v) is 8.33. The van der Waals surface area contributed by atoms with Crippen molar-refractivity contribution in [2.24, 2.45) is 0 Å². The van der Waals surface area contributed by atoms with Crippen LogP contribution in [0.5, 0.6) is 5.75 Å². The summed E-state index contributed by atoms with van der Waals surface area (Å²) in [6.45, 7) is 2.00. The number of hydrogen-bond donors (Lipinski definition) is 2. The maximum Gasteiger partial charge on any atom is 0.325 e. The molecule has 2 aliphatic rings. The van der Waals surface area contributed by atoms with Gasteiger partial charge in [0.25, 0.3) is 5.91 Å². The van der Waals surface area contributed by atoms with Gasteiger partial charge in [0.1, 0.15) is 5.75 Å². The Kier molecular flexibility index (Phi) is 6.44. The number of amides is 4. The van der Waals surface area contributed by atoms with Crippen LogP contribution < -0.4 is 15.4 Å². The predicted molar refractivity (Wildman–Crippen MR) is 122 cm³/mol. The van der Waals surface area contributed by atoms with Gasteiger partial charge in [0, 0.05) is 29.7 Å². The average Bonchev–Trinajstić information content (AvgIpc) is 3.04. The first-order valence-corrected chi connectivity index (χ1v) is 11.2. The van der Waals surface area contributed by atoms with Gasteiger partial charge < -0.3 is 15.4 Å². The van der Waals surface area contributed by atoms with Crippen molar-refractivity contribution in [1.82, 2.24) is 10.2 Å². The minimum atomic E-state index is -1.21. The van der Waals surface area contributed by atoms with Crippen molar-refractivity contribution in [3.63, 3.8) is 0 Å². The van der Waals surface area contributed by atoms with Crippen molar-refractivity contribution >= 4 is 29.3 Å². The number of urea groups is 1. The summed E-state index contributed by atoms with van der Waals surface area (Å²) < 4.78 is 5.63. The Labute approximate surface area is 192 Å². The first-order chi connectivity index (χ1) is 15.9. The van der Waals surface area contributed by atoms with Crippen LogP contribution in [-0.4, -0.2) is 41.7 Å². The first kappa shape index (κ1) is 22.5. The molecule has 0 unspecified atom stereocenters. The molecule has 1 atom stereocenters. The van der Waals surface area contributed by atoms with Gasteiger partial charge in [-0.15, -0.1) is 0 Å². The van der Waals surface area contributed by atoms with Crippen LogP contribution in [0, 0.1) is 0 Å². The monoisotopic (exact) mass is 449 g/mol. The van der Waals surface area contributed by atoms with E-state index < -0.39 is 17.5 Å². The smallest absolute Gasteiger partial charge is 0.325 e. The molecule has 1 fully saturated rings. The third kappa shape index (κ3) is 4.46. The standard InChI is InChI=1S/C25H27N3O5/c1-2-3-4-9-22(30)26-18-12-10-17(11-13-18)20(29)16-28-23(31)25(27-24(28)32)14-15-33-21-8-6-5-7-19(21)25/h5-8,10-13H,2-4,9,14-16H2,1H3,(H,26,30)(H,27,32)/t25-/m1/s1. The molecule has 2 N–H and O–H groups in total. The summed E-state index contributed by atoms with van der Waals surface area (Å²) in [6, 6.07) is 13.0. The van der Waals surface area contributed by atoms with Gasteiger partial charge in [-0.25, -0.2) is 4.79 Å². The number of ether oxygens (including phenoxy) is 1. The van der Waals surface area contributed by atoms with Gasteiger partial charge in [-0.05, 0) is 36.8 Å². The summed E-state index contributed by atoms with van der Waals surface area (Å²) in [7, 11) is 0. The Morgan fingerprint density at radius 3 is 2.61 bits per heavy atom. The molecule has 2 aliphatic heterocycles. The molecule has 0 radical (unpaired) electrons. The van der Waals surface area contributed by atoms with E-state index in [1.165, 1.54) is 0 Å². The fraction of sp³-hybridized carbons (Fsp3) is 0.360. The molecule has 1 spiro atoms. The average molecular weight is 450 g/mol. The van der Waals surface area contributed by atoms with Crippen LogP contribution in [0.1, 0.15) is 54.9 Å². The van der Waals surface area contributed by atoms with Crippen molar-refractivity contribution in [3.05, 3.63) is 59.7 Å². The van der Waals surface area contributed by atoms with E-state index in [-0.39, 0.29) is 24.8 Å². The number of imide groups is 1. The Bertz CT molecular complexity index is 1080. The fourth-order valence-electron chi connectivity index (χ4n) is 4.25. The van der Waals surface area contributed by atoms with E-state index in [0.717, 1.165) is 24.2 Å². The van der Waals surface area contributed by atoms with Gasteiger partial charge in [0.05, 0.1) is 13.2 Å². The summed E-state index contributed by atoms with van der Waals surface area (Å²) >= 11 is 0. The van der Waals surface area contributed by atoms with E-state index >= 15 is 0 Å². The fourth-order valence-corrected chi connectivity index (χ4v) is 4.25. The lowest BCUT2D eigenvalue weighted by atomic mass is 9.84. The van der Waals surface area contributed by atoms with Gasteiger partial charge in [-0.3, -0.25) is 19.3 Å². The topological polar surface area (TPSA) is 105 Å². The van der Waals surface area contributed by atoms with Crippen LogP contribution in [0.2, 0.25) is 0 Å². The van der Waals surface area contributed by atoms with E-state index in [1.807, 2.05) is 0 Å². The third-order valence-electron chi connectivity index (χ3n) is 6.06. The molecular formula is C25H27N3O5. The molecule has 0 aromatic heterocycles. The number of para-hydroxylation sites is 1. The molecule has 33 heavy (non-hydrogen) atoms. The van der Waals surface area contributed by atoms with Crippen molar-refractivity contribution in [3.8, 4) is 5.75 Å². The van der Waals surface area contributed by atoms with Crippen LogP contribution in [-0.2, 0) is 15.1 Å². The molecule has 4 amide bonds. The summed E-state index contributed by atoms with van der Waals surface area (Å²) in [4.78, 5) is 51.7. The number of carbonyl (C=O) groups is 4. The molecule has 2 heterocycles. The van der Waals surface area contributed by atoms with Crippen molar-refractivity contribution < 1.29 is 23.9 Å². The lowest BCUT2D eigenvalue weighted by molar-refractivity contribution is -0.132. The van der Waals surface area contributed by atoms with E-state index in [2.05, 4.69) is 17.6 Å². The van der Waals surface area contributed by atoms with Gasteiger partial charge in [0.15, 0.2) is 11.3 Å². The van der Waals surface area contributed by atoms with Crippen LogP contribution >= 0.6 is 0 Å². The Morgan fingerprint density at radius 1 is 1.09 bits per heavy atom. The van der Waals surface area contributed by atoms with E-state index in [9.17, 15) is 19.2 Å². The maximum absolute atomic E-state index is 13.3. The lowest BCUT2D eigenvalue weighted by Crippen LogP contribution is -2.47. The molecular weight excluding hydrogens is 422 g/mol. The predicted octanol–water partition coefficient (Wildman–Crippen LogP) is 3.62. The number of nitrogens with one attached hydrogen (secondary N) is 2. The molecule has 0 aliphatic carbocycles. The normalized spacial score (nSPS) is 19.1. The quantitative estimate of drug-likeness (QED) is 0.364. The number of rotatable bonds is 8. The molecule has 4 rings (SSSR count). The van der Waals surface area contributed by atoms with Crippen LogP contribution in [0.15, 0.2) is 48.5 Å². The van der Waals surface area contributed by atoms with Crippen LogP contribution in [0.3, 0.4) is 0 Å². The van der Waals surface area contributed by atoms with Crippen molar-refractivity contribution in [2.45, 2.75) is 44.6 Å². The molecule has 0 saturated carbocycles. The van der Waals surface area contributed by atoms with E-state index in [4.69, 9.17) is 4.74 Å². The number of hydrogen-bond acceptors (Lipinski definition) is 5. The minimum absolute atomic E-state index is 0.0658. The zero-order chi connectivity index (χ0) is 23.4. The minimum Gasteiger partial charge on any atom is -0.493 e. The molecule has 0 bridgehead atoms. The molecule has 1 saturated heterocycles. The van der Waals surface area contributed by atoms with E-state index in [1.54, 1.807) is 48.5 Å². The van der Waals surface area contributed by atoms with Crippen LogP contribution in [0.4, 0.5) is 10.5 Å². The molecule has 172 valence electrons. The third-order valence-corrected chi connectivity index (χ3v) is 6.06. The van der Waals surface area contributed by atoms with Gasteiger partial charge >= 0.3 is 6.03 Å². The molecule has 8 nitrogen and oxygen atoms in total. The van der Waals surface area contributed by atoms with E-state index in [0.29, 0.717) is 35.4 Å². The molecule has 8 heteroatoms. The number of unbranched alkanes of at least 4 members (excludes halogenated alkanes) is 2. The zero-order valence-electron chi connectivity index (χ0n) is 18.6. The summed E-state index contributed by atoms with van der Waals surface area (Å²) in [5, 5.41) is 5.60. The summed E-state index contributed by atoms with van der Waals surface area (Å²) in [6.07, 6.45) is 3.64. The molecule has 2 aromatic carbocycles. The lowest BCUT2D eigenvalue weighted by Gasteiger charge is -2.33. The van der Waals surface area contributed by atoms with Crippen molar-refractivity contribution in [2.75, 3.05) is 18.5 Å². The number of carbonyl (C=O) groups excluding carboxylic acids is 4. The molecule has 2 aromatic rings. The highest BCUT2D eigenvalue weighted by Gasteiger charge is 2.55. The van der Waals surface area contributed by atoms with Gasteiger partial charge in [-0.1, -0.05) is 38.0 Å². The number of ketones is 1. The highest BCUT2D eigenvalue weighted by atomic mass is 16.5. The van der Waals surface area contributed by atoms with Gasteiger partial charge in [0.2, 0.25) is 5.91 Å². The maximum atomic E-state index is 13.3. The highest BCUT2D eigenvalue weighted by molar-refractivity contribution is 6.11. The zero-order valence-corrected chi connectivity index (χ0v) is 18.6. The second-order valence-electron chi connectivity index (χ2n) is 8.33. The summed E-state index contributed by atoms with van der Waals surface area (Å²) in [5.74, 6) is -0.328. The second kappa shape index (κ2) is 9.44. The number of fused-ring (bicyclic) bond motifs is 2. The summed E-state index contributed by atoms with van der Waals surface area (Å²) in [5.41, 5.74) is 0.343. The Balaban J connectivity index is 1.42. The Hall–Kier alpha value is -3.68. The van der Waals surface area contributed by atoms with Crippen molar-refractivity contribution in [1.29, 1.82) is 0 Å². The number of Topliss-reactive ketones (excluding diaryl/α,β-unsaturated/α-hetero) is 1. The van der Waals surface area contributed by atoms with Crippen LogP contribution in [0.25, 0.3) is 0 Å². The largest absolute Gasteiger partial charge is 0.493 e. The highest BCUT2D eigenvalue weighted by Crippen LogP contribution is 2.40. The number of nitrogens with zero attached hydrogens (tertiary/aromatic N) is 1. The Morgan fingerprint density at radius 2 is 1.85 bits per heavy atom. The van der Waals surface area contributed by atoms with Gasteiger partial charge in [-0.2, -0.15) is 0 Å². The number of anilines is 1.